The molecule has 2 atom stereocenters. The zero-order chi connectivity index (χ0) is 28.6. The summed E-state index contributed by atoms with van der Waals surface area (Å²) >= 11 is -1.32. The van der Waals surface area contributed by atoms with E-state index in [9.17, 15) is 18.9 Å². The molecule has 10 heteroatoms. The van der Waals surface area contributed by atoms with Crippen LogP contribution in [0.25, 0.3) is 0 Å². The third kappa shape index (κ3) is 7.13. The summed E-state index contributed by atoms with van der Waals surface area (Å²) in [6.07, 6.45) is 1.78. The Morgan fingerprint density at radius 3 is 2.42 bits per heavy atom. The van der Waals surface area contributed by atoms with Gasteiger partial charge in [-0.3, -0.25) is 4.79 Å². The molecule has 0 bridgehead atoms. The SMILES string of the molecule is COC(=O)c1ccc([S+]([O-])CC2CCCN2C(=O)Cc2ccc(NC(=O)Nc3ccccc3C)c(OC)c2)cc1. The molecule has 3 aromatic carbocycles. The third-order valence-electron chi connectivity index (χ3n) is 6.84. The molecule has 1 fully saturated rings. The number of amides is 3. The predicted molar refractivity (Wildman–Crippen MR) is 154 cm³/mol. The van der Waals surface area contributed by atoms with Gasteiger partial charge in [-0.1, -0.05) is 24.3 Å². The Morgan fingerprint density at radius 1 is 1.00 bits per heavy atom. The number of carbonyl (C=O) groups excluding carboxylic acids is 3. The number of hydrogen-bond acceptors (Lipinski definition) is 6. The number of anilines is 2. The molecule has 4 rings (SSSR count). The highest BCUT2D eigenvalue weighted by Crippen LogP contribution is 2.28. The van der Waals surface area contributed by atoms with Crippen molar-refractivity contribution in [3.8, 4) is 5.75 Å². The van der Waals surface area contributed by atoms with E-state index in [4.69, 9.17) is 9.47 Å². The standard InChI is InChI=1S/C30H33N3O6S/c1-20-7-4-5-9-25(20)31-30(36)32-26-15-10-21(17-27(26)38-2)18-28(34)33-16-6-8-23(33)19-40(37)24-13-11-22(12-14-24)29(35)39-3/h4-5,7,9-15,17,23H,6,8,16,18-19H2,1-3H3,(H2,31,32,36). The minimum absolute atomic E-state index is 0.0550. The van der Waals surface area contributed by atoms with Crippen molar-refractivity contribution in [2.24, 2.45) is 0 Å². The number of carbonyl (C=O) groups is 3. The molecule has 0 radical (unpaired) electrons. The second kappa shape index (κ2) is 13.4. The van der Waals surface area contributed by atoms with E-state index in [0.717, 1.165) is 24.0 Å². The normalized spacial score (nSPS) is 15.3. The Labute approximate surface area is 237 Å². The van der Waals surface area contributed by atoms with Gasteiger partial charge in [0.1, 0.15) is 11.5 Å². The van der Waals surface area contributed by atoms with Crippen LogP contribution in [0.5, 0.6) is 5.75 Å². The van der Waals surface area contributed by atoms with Crippen molar-refractivity contribution in [1.82, 2.24) is 4.90 Å². The van der Waals surface area contributed by atoms with Gasteiger partial charge in [0.05, 0.1) is 37.9 Å². The number of hydrogen-bond donors (Lipinski definition) is 2. The fourth-order valence-corrected chi connectivity index (χ4v) is 6.01. The van der Waals surface area contributed by atoms with Gasteiger partial charge in [0.2, 0.25) is 5.91 Å². The molecule has 0 saturated carbocycles. The fourth-order valence-electron chi connectivity index (χ4n) is 4.68. The number of likely N-dealkylation sites (tertiary alicyclic amines) is 1. The topological polar surface area (TPSA) is 120 Å². The highest BCUT2D eigenvalue weighted by Gasteiger charge is 2.33. The number of benzene rings is 3. The van der Waals surface area contributed by atoms with Crippen LogP contribution in [0, 0.1) is 6.92 Å². The maximum atomic E-state index is 13.2. The van der Waals surface area contributed by atoms with E-state index in [2.05, 4.69) is 10.6 Å². The number of ether oxygens (including phenoxy) is 2. The summed E-state index contributed by atoms with van der Waals surface area (Å²) in [6.45, 7) is 2.52. The first-order valence-corrected chi connectivity index (χ1v) is 14.3. The summed E-state index contributed by atoms with van der Waals surface area (Å²) in [7, 11) is 2.82. The number of esters is 1. The highest BCUT2D eigenvalue weighted by molar-refractivity contribution is 7.91. The summed E-state index contributed by atoms with van der Waals surface area (Å²) in [5, 5.41) is 5.62. The Morgan fingerprint density at radius 2 is 1.73 bits per heavy atom. The fraction of sp³-hybridized carbons (Fsp3) is 0.300. The average molecular weight is 564 g/mol. The van der Waals surface area contributed by atoms with Crippen LogP contribution in [0.3, 0.4) is 0 Å². The maximum Gasteiger partial charge on any atom is 0.337 e. The van der Waals surface area contributed by atoms with Crippen molar-refractivity contribution >= 4 is 40.5 Å². The van der Waals surface area contributed by atoms with Crippen molar-refractivity contribution in [3.63, 3.8) is 0 Å². The zero-order valence-electron chi connectivity index (χ0n) is 22.8. The zero-order valence-corrected chi connectivity index (χ0v) is 23.6. The van der Waals surface area contributed by atoms with Crippen LogP contribution in [0.2, 0.25) is 0 Å². The molecule has 1 aliphatic heterocycles. The minimum atomic E-state index is -1.32. The molecule has 1 heterocycles. The first-order chi connectivity index (χ1) is 19.3. The van der Waals surface area contributed by atoms with Gasteiger partial charge in [0.15, 0.2) is 4.90 Å². The van der Waals surface area contributed by atoms with E-state index >= 15 is 0 Å². The van der Waals surface area contributed by atoms with Gasteiger partial charge in [0, 0.05) is 12.2 Å². The molecule has 2 unspecified atom stereocenters. The minimum Gasteiger partial charge on any atom is -0.611 e. The highest BCUT2D eigenvalue weighted by atomic mass is 32.2. The Hall–Kier alpha value is -4.02. The molecule has 9 nitrogen and oxygen atoms in total. The van der Waals surface area contributed by atoms with Crippen LogP contribution < -0.4 is 15.4 Å². The summed E-state index contributed by atoms with van der Waals surface area (Å²) in [6, 6.07) is 18.7. The Balaban J connectivity index is 1.36. The number of rotatable bonds is 9. The number of nitrogens with zero attached hydrogens (tertiary/aromatic N) is 1. The summed E-state index contributed by atoms with van der Waals surface area (Å²) < 4.78 is 23.2. The Bertz CT molecular complexity index is 1360. The third-order valence-corrected chi connectivity index (χ3v) is 8.33. The molecular formula is C30H33N3O6S. The average Bonchev–Trinajstić information content (AvgIpc) is 3.43. The molecule has 0 aromatic heterocycles. The maximum absolute atomic E-state index is 13.2. The molecule has 0 aliphatic carbocycles. The van der Waals surface area contributed by atoms with Crippen molar-refractivity contribution in [3.05, 3.63) is 83.4 Å². The summed E-state index contributed by atoms with van der Waals surface area (Å²) in [4.78, 5) is 39.8. The molecular weight excluding hydrogens is 530 g/mol. The molecule has 3 aromatic rings. The van der Waals surface area contributed by atoms with Gasteiger partial charge in [-0.15, -0.1) is 0 Å². The quantitative estimate of drug-likeness (QED) is 0.286. The van der Waals surface area contributed by atoms with E-state index in [1.54, 1.807) is 47.4 Å². The van der Waals surface area contributed by atoms with E-state index in [1.165, 1.54) is 14.2 Å². The molecule has 1 aliphatic rings. The first kappa shape index (κ1) is 29.0. The van der Waals surface area contributed by atoms with Crippen molar-refractivity contribution in [2.45, 2.75) is 37.1 Å². The van der Waals surface area contributed by atoms with Gasteiger partial charge < -0.3 is 29.6 Å². The lowest BCUT2D eigenvalue weighted by Gasteiger charge is -2.25. The number of nitrogens with one attached hydrogen (secondary N) is 2. The molecule has 3 amide bonds. The van der Waals surface area contributed by atoms with Crippen molar-refractivity contribution in [1.29, 1.82) is 0 Å². The molecule has 40 heavy (non-hydrogen) atoms. The van der Waals surface area contributed by atoms with E-state index in [-0.39, 0.29) is 18.4 Å². The van der Waals surface area contributed by atoms with Crippen molar-refractivity contribution < 1.29 is 28.4 Å². The smallest absolute Gasteiger partial charge is 0.337 e. The number of aryl methyl sites for hydroxylation is 1. The van der Waals surface area contributed by atoms with Crippen molar-refractivity contribution in [2.75, 3.05) is 37.2 Å². The van der Waals surface area contributed by atoms with E-state index in [0.29, 0.717) is 39.9 Å². The van der Waals surface area contributed by atoms with Gasteiger partial charge in [-0.05, 0) is 84.5 Å². The van der Waals surface area contributed by atoms with Crippen LogP contribution >= 0.6 is 0 Å². The Kier molecular flexibility index (Phi) is 9.68. The van der Waals surface area contributed by atoms with Crippen LogP contribution in [0.1, 0.15) is 34.3 Å². The van der Waals surface area contributed by atoms with Crippen LogP contribution in [-0.4, -0.2) is 59.9 Å². The molecule has 1 saturated heterocycles. The molecule has 0 spiro atoms. The van der Waals surface area contributed by atoms with Crippen LogP contribution in [-0.2, 0) is 27.1 Å². The molecule has 210 valence electrons. The predicted octanol–water partition coefficient (Wildman–Crippen LogP) is 4.78. The molecule has 2 N–H and O–H groups in total. The van der Waals surface area contributed by atoms with Gasteiger partial charge in [0.25, 0.3) is 0 Å². The lowest BCUT2D eigenvalue weighted by molar-refractivity contribution is -0.130. The van der Waals surface area contributed by atoms with Crippen LogP contribution in [0.15, 0.2) is 71.6 Å². The second-order valence-electron chi connectivity index (χ2n) is 9.52. The second-order valence-corrected chi connectivity index (χ2v) is 11.0. The van der Waals surface area contributed by atoms with Gasteiger partial charge in [-0.2, -0.15) is 0 Å². The summed E-state index contributed by atoms with van der Waals surface area (Å²) in [5.74, 6) is 0.266. The van der Waals surface area contributed by atoms with Crippen LogP contribution in [0.4, 0.5) is 16.2 Å². The monoisotopic (exact) mass is 563 g/mol. The number of para-hydroxylation sites is 1. The van der Waals surface area contributed by atoms with Gasteiger partial charge in [-0.25, -0.2) is 9.59 Å². The van der Waals surface area contributed by atoms with Gasteiger partial charge >= 0.3 is 12.0 Å². The lowest BCUT2D eigenvalue weighted by Crippen LogP contribution is -2.40. The number of urea groups is 1. The lowest BCUT2D eigenvalue weighted by atomic mass is 10.1. The number of methoxy groups -OCH3 is 2. The largest absolute Gasteiger partial charge is 0.611 e. The first-order valence-electron chi connectivity index (χ1n) is 13.0. The van der Waals surface area contributed by atoms with E-state index in [1.807, 2.05) is 31.2 Å². The van der Waals surface area contributed by atoms with E-state index < -0.39 is 23.2 Å². The summed E-state index contributed by atoms with van der Waals surface area (Å²) in [5.41, 5.74) is 3.28.